The van der Waals surface area contributed by atoms with Crippen molar-refractivity contribution in [2.45, 2.75) is 0 Å². The first kappa shape index (κ1) is 8.96. The largest absolute Gasteiger partial charge is 0.398 e. The highest BCUT2D eigenvalue weighted by Gasteiger charge is 2.05. The van der Waals surface area contributed by atoms with Crippen molar-refractivity contribution in [1.29, 1.82) is 0 Å². The highest BCUT2D eigenvalue weighted by atomic mass is 127. The van der Waals surface area contributed by atoms with Crippen molar-refractivity contribution in [2.75, 3.05) is 5.73 Å². The molecule has 0 aliphatic carbocycles. The summed E-state index contributed by atoms with van der Waals surface area (Å²) >= 11 is 3.90. The van der Waals surface area contributed by atoms with Gasteiger partial charge < -0.3 is 5.73 Å². The lowest BCUT2D eigenvalue weighted by Gasteiger charge is -1.99. The Morgan fingerprint density at radius 2 is 2.08 bits per heavy atom. The summed E-state index contributed by atoms with van der Waals surface area (Å²) in [6.07, 6.45) is 1.85. The van der Waals surface area contributed by atoms with Crippen LogP contribution in [-0.2, 0) is 0 Å². The van der Waals surface area contributed by atoms with E-state index in [4.69, 9.17) is 5.73 Å². The number of thiazole rings is 1. The minimum absolute atomic E-state index is 0.785. The number of rotatable bonds is 1. The molecule has 0 radical (unpaired) electrons. The number of para-hydroxylation sites is 1. The molecule has 4 heteroatoms. The third-order valence-electron chi connectivity index (χ3n) is 1.67. The average molecular weight is 302 g/mol. The molecule has 0 unspecified atom stereocenters. The number of anilines is 1. The molecule has 13 heavy (non-hydrogen) atoms. The zero-order valence-electron chi connectivity index (χ0n) is 6.70. The quantitative estimate of drug-likeness (QED) is 0.649. The van der Waals surface area contributed by atoms with E-state index in [2.05, 4.69) is 27.6 Å². The maximum atomic E-state index is 5.83. The number of aromatic nitrogens is 1. The Morgan fingerprint density at radius 1 is 1.31 bits per heavy atom. The molecule has 0 saturated heterocycles. The molecule has 2 aromatic rings. The molecule has 0 bridgehead atoms. The van der Waals surface area contributed by atoms with E-state index in [9.17, 15) is 0 Å². The van der Waals surface area contributed by atoms with Crippen LogP contribution in [0, 0.1) is 2.88 Å². The van der Waals surface area contributed by atoms with Gasteiger partial charge in [-0.2, -0.15) is 0 Å². The van der Waals surface area contributed by atoms with Crippen molar-refractivity contribution in [3.63, 3.8) is 0 Å². The Hall–Kier alpha value is -0.620. The first-order chi connectivity index (χ1) is 6.27. The number of nitrogens with zero attached hydrogens (tertiary/aromatic N) is 1. The van der Waals surface area contributed by atoms with Gasteiger partial charge in [-0.25, -0.2) is 4.98 Å². The third-order valence-corrected chi connectivity index (χ3v) is 3.43. The number of hydrogen-bond donors (Lipinski definition) is 1. The van der Waals surface area contributed by atoms with Crippen LogP contribution in [0.3, 0.4) is 0 Å². The van der Waals surface area contributed by atoms with Crippen LogP contribution in [-0.4, -0.2) is 4.98 Å². The van der Waals surface area contributed by atoms with Crippen LogP contribution < -0.4 is 5.73 Å². The molecule has 0 spiro atoms. The summed E-state index contributed by atoms with van der Waals surface area (Å²) < 4.78 is 1.18. The molecule has 1 heterocycles. The van der Waals surface area contributed by atoms with Crippen LogP contribution in [0.15, 0.2) is 30.5 Å². The Morgan fingerprint density at radius 3 is 2.69 bits per heavy atom. The molecule has 2 nitrogen and oxygen atoms in total. The number of halogens is 1. The SMILES string of the molecule is Nc1ccccc1-c1ncc(I)s1. The molecule has 0 fully saturated rings. The fourth-order valence-electron chi connectivity index (χ4n) is 1.07. The van der Waals surface area contributed by atoms with Crippen molar-refractivity contribution in [3.05, 3.63) is 33.3 Å². The minimum Gasteiger partial charge on any atom is -0.398 e. The van der Waals surface area contributed by atoms with Crippen LogP contribution in [0.25, 0.3) is 10.6 Å². The van der Waals surface area contributed by atoms with Crippen LogP contribution in [0.5, 0.6) is 0 Å². The number of benzene rings is 1. The van der Waals surface area contributed by atoms with Crippen LogP contribution in [0.2, 0.25) is 0 Å². The van der Waals surface area contributed by atoms with Gasteiger partial charge in [0.25, 0.3) is 0 Å². The zero-order valence-corrected chi connectivity index (χ0v) is 9.67. The van der Waals surface area contributed by atoms with E-state index < -0.39 is 0 Å². The Labute approximate surface area is 94.0 Å². The Bertz CT molecular complexity index is 425. The number of nitrogens with two attached hydrogens (primary N) is 1. The maximum absolute atomic E-state index is 5.83. The van der Waals surface area contributed by atoms with E-state index in [0.717, 1.165) is 16.3 Å². The molecule has 0 atom stereocenters. The highest BCUT2D eigenvalue weighted by Crippen LogP contribution is 2.29. The predicted octanol–water partition coefficient (Wildman–Crippen LogP) is 3.00. The third kappa shape index (κ3) is 1.83. The van der Waals surface area contributed by atoms with Crippen molar-refractivity contribution < 1.29 is 0 Å². The summed E-state index contributed by atoms with van der Waals surface area (Å²) in [5, 5.41) is 0.988. The van der Waals surface area contributed by atoms with Gasteiger partial charge in [-0.3, -0.25) is 0 Å². The molecule has 0 aliphatic rings. The van der Waals surface area contributed by atoms with Gasteiger partial charge >= 0.3 is 0 Å². The van der Waals surface area contributed by atoms with Crippen LogP contribution >= 0.6 is 33.9 Å². The van der Waals surface area contributed by atoms with Gasteiger partial charge in [0.05, 0.1) is 9.08 Å². The van der Waals surface area contributed by atoms with Gasteiger partial charge in [-0.15, -0.1) is 11.3 Å². The first-order valence-corrected chi connectivity index (χ1v) is 5.63. The molecule has 1 aromatic carbocycles. The van der Waals surface area contributed by atoms with E-state index in [1.54, 1.807) is 11.3 Å². The van der Waals surface area contributed by atoms with Gasteiger partial charge in [-0.1, -0.05) is 12.1 Å². The van der Waals surface area contributed by atoms with Crippen molar-refractivity contribution in [3.8, 4) is 10.6 Å². The van der Waals surface area contributed by atoms with Crippen molar-refractivity contribution >= 4 is 39.6 Å². The second kappa shape index (κ2) is 3.63. The second-order valence-corrected chi connectivity index (χ2v) is 5.48. The van der Waals surface area contributed by atoms with Gasteiger partial charge in [0.1, 0.15) is 5.01 Å². The van der Waals surface area contributed by atoms with Crippen LogP contribution in [0.1, 0.15) is 0 Å². The molecule has 2 N–H and O–H groups in total. The molecular weight excluding hydrogens is 295 g/mol. The summed E-state index contributed by atoms with van der Waals surface area (Å²) in [4.78, 5) is 4.28. The van der Waals surface area contributed by atoms with E-state index in [-0.39, 0.29) is 0 Å². The van der Waals surface area contributed by atoms with E-state index in [0.29, 0.717) is 0 Å². The molecule has 2 rings (SSSR count). The van der Waals surface area contributed by atoms with Crippen molar-refractivity contribution in [1.82, 2.24) is 4.98 Å². The van der Waals surface area contributed by atoms with E-state index >= 15 is 0 Å². The standard InChI is InChI=1S/C9H7IN2S/c10-8-5-12-9(13-8)6-3-1-2-4-7(6)11/h1-5H,11H2. The fraction of sp³-hybridized carbons (Fsp3) is 0. The number of hydrogen-bond acceptors (Lipinski definition) is 3. The smallest absolute Gasteiger partial charge is 0.126 e. The monoisotopic (exact) mass is 302 g/mol. The normalized spacial score (nSPS) is 10.2. The van der Waals surface area contributed by atoms with E-state index in [1.807, 2.05) is 30.5 Å². The molecule has 66 valence electrons. The topological polar surface area (TPSA) is 38.9 Å². The lowest BCUT2D eigenvalue weighted by Crippen LogP contribution is -1.87. The molecule has 0 aliphatic heterocycles. The lowest BCUT2D eigenvalue weighted by molar-refractivity contribution is 1.41. The summed E-state index contributed by atoms with van der Waals surface area (Å²) in [7, 11) is 0. The average Bonchev–Trinajstić information content (AvgIpc) is 2.53. The summed E-state index contributed by atoms with van der Waals surface area (Å²) in [5.41, 5.74) is 7.64. The molecule has 0 saturated carbocycles. The summed E-state index contributed by atoms with van der Waals surface area (Å²) in [6, 6.07) is 7.78. The van der Waals surface area contributed by atoms with Gasteiger partial charge in [0, 0.05) is 11.3 Å². The van der Waals surface area contributed by atoms with Gasteiger partial charge in [0.15, 0.2) is 0 Å². The van der Waals surface area contributed by atoms with E-state index in [1.165, 1.54) is 2.88 Å². The Kier molecular flexibility index (Phi) is 2.50. The zero-order chi connectivity index (χ0) is 9.26. The minimum atomic E-state index is 0.785. The summed E-state index contributed by atoms with van der Waals surface area (Å²) in [5.74, 6) is 0. The van der Waals surface area contributed by atoms with Crippen LogP contribution in [0.4, 0.5) is 5.69 Å². The second-order valence-electron chi connectivity index (χ2n) is 2.56. The lowest BCUT2D eigenvalue weighted by atomic mass is 10.2. The first-order valence-electron chi connectivity index (χ1n) is 3.73. The predicted molar refractivity (Wildman–Crippen MR) is 64.7 cm³/mol. The fourth-order valence-corrected chi connectivity index (χ4v) is 2.53. The Balaban J connectivity index is 2.52. The molecule has 1 aromatic heterocycles. The maximum Gasteiger partial charge on any atom is 0.126 e. The van der Waals surface area contributed by atoms with Crippen molar-refractivity contribution in [2.24, 2.45) is 0 Å². The van der Waals surface area contributed by atoms with Gasteiger partial charge in [-0.05, 0) is 34.7 Å². The number of nitrogen functional groups attached to an aromatic ring is 1. The molecule has 0 amide bonds. The van der Waals surface area contributed by atoms with Gasteiger partial charge in [0.2, 0.25) is 0 Å². The molecular formula is C9H7IN2S. The summed E-state index contributed by atoms with van der Waals surface area (Å²) in [6.45, 7) is 0. The highest BCUT2D eigenvalue weighted by molar-refractivity contribution is 14.1.